The number of aliphatic hydroxyl groups is 2. The van der Waals surface area contributed by atoms with Gasteiger partial charge in [0.1, 0.15) is 5.82 Å². The molecule has 2 aromatic rings. The third-order valence-electron chi connectivity index (χ3n) is 3.50. The van der Waals surface area contributed by atoms with Crippen LogP contribution in [0.1, 0.15) is 16.8 Å². The Morgan fingerprint density at radius 3 is 2.54 bits per heavy atom. The fourth-order valence-electron chi connectivity index (χ4n) is 2.13. The minimum Gasteiger partial charge on any atom is -0.394 e. The van der Waals surface area contributed by atoms with E-state index in [0.717, 1.165) is 12.1 Å². The van der Waals surface area contributed by atoms with Gasteiger partial charge in [0.05, 0.1) is 29.6 Å². The number of hydrogen-bond donors (Lipinski definition) is 4. The summed E-state index contributed by atoms with van der Waals surface area (Å²) < 4.78 is 42.4. The van der Waals surface area contributed by atoms with Gasteiger partial charge >= 0.3 is 0 Å². The molecule has 1 amide bonds. The summed E-state index contributed by atoms with van der Waals surface area (Å²) in [5.41, 5.74) is -0.828. The van der Waals surface area contributed by atoms with E-state index in [1.165, 1.54) is 12.1 Å². The Balaban J connectivity index is 2.27. The van der Waals surface area contributed by atoms with Crippen molar-refractivity contribution in [2.45, 2.75) is 12.5 Å². The molecule has 5 nitrogen and oxygen atoms in total. The normalized spacial score (nSPS) is 11.9. The number of hydrogen-bond acceptors (Lipinski definition) is 4. The van der Waals surface area contributed by atoms with Gasteiger partial charge in [0.15, 0.2) is 11.6 Å². The van der Waals surface area contributed by atoms with Crippen LogP contribution in [0, 0.1) is 21.0 Å². The molecule has 0 heterocycles. The highest BCUT2D eigenvalue weighted by atomic mass is 127. The van der Waals surface area contributed by atoms with Crippen molar-refractivity contribution in [1.29, 1.82) is 0 Å². The van der Waals surface area contributed by atoms with Crippen LogP contribution in [0.2, 0.25) is 0 Å². The maximum atomic E-state index is 14.2. The van der Waals surface area contributed by atoms with Crippen molar-refractivity contribution in [1.82, 2.24) is 5.32 Å². The van der Waals surface area contributed by atoms with Crippen molar-refractivity contribution in [3.05, 3.63) is 56.9 Å². The number of aliphatic hydroxyl groups excluding tert-OH is 2. The molecule has 0 unspecified atom stereocenters. The number of benzene rings is 2. The van der Waals surface area contributed by atoms with Crippen LogP contribution in [0.25, 0.3) is 0 Å². The van der Waals surface area contributed by atoms with Crippen LogP contribution >= 0.6 is 22.6 Å². The van der Waals surface area contributed by atoms with E-state index < -0.39 is 41.8 Å². The average molecular weight is 480 g/mol. The van der Waals surface area contributed by atoms with Crippen molar-refractivity contribution in [2.24, 2.45) is 0 Å². The van der Waals surface area contributed by atoms with E-state index in [9.17, 15) is 23.1 Å². The van der Waals surface area contributed by atoms with Crippen LogP contribution in [0.5, 0.6) is 0 Å². The van der Waals surface area contributed by atoms with Gasteiger partial charge in [-0.05, 0) is 59.3 Å². The third-order valence-corrected chi connectivity index (χ3v) is 4.18. The monoisotopic (exact) mass is 480 g/mol. The Labute approximate surface area is 161 Å². The van der Waals surface area contributed by atoms with Crippen LogP contribution in [0.15, 0.2) is 30.3 Å². The average Bonchev–Trinajstić information content (AvgIpc) is 2.60. The molecule has 9 heteroatoms. The lowest BCUT2D eigenvalue weighted by molar-refractivity contribution is 0.0834. The summed E-state index contributed by atoms with van der Waals surface area (Å²) in [6, 6.07) is 5.99. The lowest BCUT2D eigenvalue weighted by atomic mass is 10.1. The maximum Gasteiger partial charge on any atom is 0.253 e. The van der Waals surface area contributed by atoms with Crippen molar-refractivity contribution >= 4 is 39.9 Å². The third kappa shape index (κ3) is 5.08. The number of halogens is 4. The fourth-order valence-corrected chi connectivity index (χ4v) is 2.58. The molecule has 4 N–H and O–H groups in total. The highest BCUT2D eigenvalue weighted by Gasteiger charge is 2.20. The zero-order chi connectivity index (χ0) is 19.3. The molecule has 0 aliphatic carbocycles. The summed E-state index contributed by atoms with van der Waals surface area (Å²) in [5.74, 6) is -3.92. The van der Waals surface area contributed by atoms with Crippen molar-refractivity contribution in [2.75, 3.05) is 18.5 Å². The molecule has 26 heavy (non-hydrogen) atoms. The van der Waals surface area contributed by atoms with Crippen molar-refractivity contribution in [3.63, 3.8) is 0 Å². The number of anilines is 2. The molecule has 0 radical (unpaired) electrons. The molecule has 0 bridgehead atoms. The van der Waals surface area contributed by atoms with Crippen LogP contribution in [0.3, 0.4) is 0 Å². The quantitative estimate of drug-likeness (QED) is 0.460. The minimum absolute atomic E-state index is 0.0108. The summed E-state index contributed by atoms with van der Waals surface area (Å²) in [6.07, 6.45) is -0.917. The van der Waals surface area contributed by atoms with Gasteiger partial charge in [-0.3, -0.25) is 4.79 Å². The molecular formula is C17H16F3IN2O3. The second kappa shape index (κ2) is 9.19. The largest absolute Gasteiger partial charge is 0.394 e. The lowest BCUT2D eigenvalue weighted by Gasteiger charge is -2.15. The number of carbonyl (C=O) groups excluding carboxylic acids is 1. The first-order valence-electron chi connectivity index (χ1n) is 7.60. The zero-order valence-corrected chi connectivity index (χ0v) is 15.6. The van der Waals surface area contributed by atoms with Gasteiger partial charge in [-0.15, -0.1) is 0 Å². The van der Waals surface area contributed by atoms with E-state index in [0.29, 0.717) is 3.57 Å². The van der Waals surface area contributed by atoms with Gasteiger partial charge in [0.25, 0.3) is 5.91 Å². The number of carbonyl (C=O) groups is 1. The Morgan fingerprint density at radius 1 is 1.15 bits per heavy atom. The molecule has 0 fully saturated rings. The smallest absolute Gasteiger partial charge is 0.253 e. The summed E-state index contributed by atoms with van der Waals surface area (Å²) in [7, 11) is 0. The fraction of sp³-hybridized carbons (Fsp3) is 0.235. The Morgan fingerprint density at radius 2 is 1.88 bits per heavy atom. The molecule has 2 aromatic carbocycles. The number of amides is 1. The van der Waals surface area contributed by atoms with Crippen LogP contribution < -0.4 is 10.6 Å². The van der Waals surface area contributed by atoms with Gasteiger partial charge < -0.3 is 20.8 Å². The summed E-state index contributed by atoms with van der Waals surface area (Å²) >= 11 is 1.90. The highest BCUT2D eigenvalue weighted by molar-refractivity contribution is 14.1. The first kappa shape index (κ1) is 20.5. The standard InChI is InChI=1S/C17H16F3IN2O3/c18-12-3-2-11(17(26)22-6-5-10(25)8-24)16(15(12)20)23-14-4-1-9(21)7-13(14)19/h1-4,7,10,23-25H,5-6,8H2,(H,22,26)/t10-/m1/s1. The molecule has 0 aliphatic rings. The predicted molar refractivity (Wildman–Crippen MR) is 98.8 cm³/mol. The van der Waals surface area contributed by atoms with Gasteiger partial charge in [-0.2, -0.15) is 0 Å². The van der Waals surface area contributed by atoms with Crippen LogP contribution in [-0.2, 0) is 0 Å². The predicted octanol–water partition coefficient (Wildman–Crippen LogP) is 2.93. The van der Waals surface area contributed by atoms with Gasteiger partial charge in [0, 0.05) is 10.1 Å². The molecule has 0 aliphatic heterocycles. The van der Waals surface area contributed by atoms with Crippen LogP contribution in [-0.4, -0.2) is 35.4 Å². The molecule has 1 atom stereocenters. The summed E-state index contributed by atoms with van der Waals surface area (Å²) in [6.45, 7) is -0.448. The van der Waals surface area contributed by atoms with Crippen molar-refractivity contribution in [3.8, 4) is 0 Å². The second-order valence-corrected chi connectivity index (χ2v) is 6.66. The summed E-state index contributed by atoms with van der Waals surface area (Å²) in [4.78, 5) is 12.2. The molecule has 0 aromatic heterocycles. The number of rotatable bonds is 7. The maximum absolute atomic E-state index is 14.2. The molecule has 0 saturated carbocycles. The molecular weight excluding hydrogens is 464 g/mol. The van der Waals surface area contributed by atoms with Gasteiger partial charge in [0.2, 0.25) is 0 Å². The first-order chi connectivity index (χ1) is 12.3. The molecule has 0 saturated heterocycles. The highest BCUT2D eigenvalue weighted by Crippen LogP contribution is 2.28. The van der Waals surface area contributed by atoms with Crippen LogP contribution in [0.4, 0.5) is 24.5 Å². The SMILES string of the molecule is O=C(NCC[C@@H](O)CO)c1ccc(F)c(F)c1Nc1ccc(I)cc1F. The number of nitrogens with one attached hydrogen (secondary N) is 2. The molecule has 2 rings (SSSR count). The molecule has 0 spiro atoms. The Bertz CT molecular complexity index is 805. The molecule has 140 valence electrons. The van der Waals surface area contributed by atoms with E-state index in [1.54, 1.807) is 6.07 Å². The zero-order valence-electron chi connectivity index (χ0n) is 13.4. The van der Waals surface area contributed by atoms with Gasteiger partial charge in [-0.1, -0.05) is 0 Å². The van der Waals surface area contributed by atoms with E-state index in [2.05, 4.69) is 10.6 Å². The van der Waals surface area contributed by atoms with E-state index in [1.807, 2.05) is 22.6 Å². The van der Waals surface area contributed by atoms with Gasteiger partial charge in [-0.25, -0.2) is 13.2 Å². The van der Waals surface area contributed by atoms with E-state index in [4.69, 9.17) is 5.11 Å². The lowest BCUT2D eigenvalue weighted by Crippen LogP contribution is -2.29. The second-order valence-electron chi connectivity index (χ2n) is 5.41. The van der Waals surface area contributed by atoms with E-state index >= 15 is 0 Å². The Kier molecular flexibility index (Phi) is 7.23. The topological polar surface area (TPSA) is 81.6 Å². The Hall–Kier alpha value is -1.85. The van der Waals surface area contributed by atoms with E-state index in [-0.39, 0.29) is 24.2 Å². The first-order valence-corrected chi connectivity index (χ1v) is 8.68. The minimum atomic E-state index is -1.31. The van der Waals surface area contributed by atoms with Crippen molar-refractivity contribution < 1.29 is 28.2 Å². The summed E-state index contributed by atoms with van der Waals surface area (Å²) in [5, 5.41) is 22.8.